The molecule has 0 N–H and O–H groups in total. The first-order valence-electron chi connectivity index (χ1n) is 5.93. The lowest BCUT2D eigenvalue weighted by Gasteiger charge is -2.26. The molecular formula is C15H21N. The second-order valence-electron chi connectivity index (χ2n) is 3.68. The summed E-state index contributed by atoms with van der Waals surface area (Å²) in [7, 11) is 2.13. The van der Waals surface area contributed by atoms with Crippen molar-refractivity contribution in [3.63, 3.8) is 0 Å². The lowest BCUT2D eigenvalue weighted by Crippen LogP contribution is -2.20. The van der Waals surface area contributed by atoms with Crippen LogP contribution in [0.5, 0.6) is 0 Å². The van der Waals surface area contributed by atoms with Gasteiger partial charge in [0.15, 0.2) is 0 Å². The molecular weight excluding hydrogens is 194 g/mol. The van der Waals surface area contributed by atoms with Crippen molar-refractivity contribution in [1.82, 2.24) is 4.90 Å². The Balaban J connectivity index is 0.000000606. The average molecular weight is 215 g/mol. The molecule has 1 aliphatic rings. The van der Waals surface area contributed by atoms with Gasteiger partial charge in [0, 0.05) is 19.3 Å². The number of allylic oxidation sites excluding steroid dienone is 2. The molecule has 16 heavy (non-hydrogen) atoms. The van der Waals surface area contributed by atoms with Crippen LogP contribution in [0.2, 0.25) is 0 Å². The molecule has 0 saturated heterocycles. The first kappa shape index (κ1) is 12.6. The lowest BCUT2D eigenvalue weighted by molar-refractivity contribution is 0.527. The Labute approximate surface area is 99.1 Å². The molecule has 0 spiro atoms. The van der Waals surface area contributed by atoms with E-state index in [2.05, 4.69) is 61.4 Å². The third kappa shape index (κ3) is 2.75. The van der Waals surface area contributed by atoms with Gasteiger partial charge in [0.2, 0.25) is 0 Å². The van der Waals surface area contributed by atoms with E-state index in [-0.39, 0.29) is 0 Å². The Kier molecular flexibility index (Phi) is 4.84. The van der Waals surface area contributed by atoms with Crippen LogP contribution in [0.15, 0.2) is 48.1 Å². The van der Waals surface area contributed by atoms with Crippen molar-refractivity contribution in [3.8, 4) is 0 Å². The third-order valence-electron chi connectivity index (χ3n) is 2.55. The van der Waals surface area contributed by atoms with E-state index < -0.39 is 0 Å². The van der Waals surface area contributed by atoms with Gasteiger partial charge in [-0.15, -0.1) is 0 Å². The number of likely N-dealkylation sites (N-methyl/N-ethyl adjacent to an activating group) is 1. The van der Waals surface area contributed by atoms with Gasteiger partial charge in [0.05, 0.1) is 0 Å². The van der Waals surface area contributed by atoms with Crippen LogP contribution in [0.4, 0.5) is 0 Å². The normalized spacial score (nSPS) is 14.6. The minimum atomic E-state index is 1.00. The van der Waals surface area contributed by atoms with Crippen LogP contribution >= 0.6 is 0 Å². The van der Waals surface area contributed by atoms with Gasteiger partial charge in [0.1, 0.15) is 0 Å². The molecule has 0 unspecified atom stereocenters. The fourth-order valence-corrected chi connectivity index (χ4v) is 1.90. The molecule has 0 fully saturated rings. The van der Waals surface area contributed by atoms with E-state index in [9.17, 15) is 0 Å². The topological polar surface area (TPSA) is 3.24 Å². The van der Waals surface area contributed by atoms with Gasteiger partial charge in [-0.05, 0) is 18.1 Å². The first-order chi connectivity index (χ1) is 7.79. The molecule has 0 saturated carbocycles. The summed E-state index contributed by atoms with van der Waals surface area (Å²) in [4.78, 5) is 2.28. The Bertz CT molecular complexity index is 374. The largest absolute Gasteiger partial charge is 0.370 e. The number of hydrogen-bond donors (Lipinski definition) is 0. The van der Waals surface area contributed by atoms with Gasteiger partial charge >= 0.3 is 0 Å². The highest BCUT2D eigenvalue weighted by atomic mass is 15.1. The summed E-state index contributed by atoms with van der Waals surface area (Å²) in [5.74, 6) is 0. The highest BCUT2D eigenvalue weighted by molar-refractivity contribution is 5.70. The van der Waals surface area contributed by atoms with Crippen LogP contribution in [0, 0.1) is 0 Å². The fourth-order valence-electron chi connectivity index (χ4n) is 1.90. The molecule has 0 radical (unpaired) electrons. The Morgan fingerprint density at radius 1 is 1.06 bits per heavy atom. The smallest absolute Gasteiger partial charge is 0.0469 e. The van der Waals surface area contributed by atoms with Crippen LogP contribution in [-0.4, -0.2) is 18.5 Å². The monoisotopic (exact) mass is 215 g/mol. The molecule has 1 heterocycles. The highest BCUT2D eigenvalue weighted by Crippen LogP contribution is 2.24. The SMILES string of the molecule is CC.CC1=C(c2ccccc2)N(C)CC=C1. The van der Waals surface area contributed by atoms with E-state index in [4.69, 9.17) is 0 Å². The summed E-state index contributed by atoms with van der Waals surface area (Å²) in [6, 6.07) is 10.5. The van der Waals surface area contributed by atoms with E-state index in [0.29, 0.717) is 0 Å². The molecule has 0 aliphatic carbocycles. The molecule has 1 aliphatic heterocycles. The van der Waals surface area contributed by atoms with Crippen LogP contribution in [0.25, 0.3) is 5.70 Å². The quantitative estimate of drug-likeness (QED) is 0.685. The Hall–Kier alpha value is -1.50. The van der Waals surface area contributed by atoms with Gasteiger partial charge in [-0.1, -0.05) is 56.3 Å². The zero-order valence-electron chi connectivity index (χ0n) is 10.7. The van der Waals surface area contributed by atoms with Gasteiger partial charge in [-0.2, -0.15) is 0 Å². The predicted octanol–water partition coefficient (Wildman–Crippen LogP) is 3.95. The number of hydrogen-bond acceptors (Lipinski definition) is 1. The summed E-state index contributed by atoms with van der Waals surface area (Å²) < 4.78 is 0. The summed E-state index contributed by atoms with van der Waals surface area (Å²) in [5.41, 5.74) is 3.98. The van der Waals surface area contributed by atoms with E-state index in [1.165, 1.54) is 16.8 Å². The molecule has 0 bridgehead atoms. The van der Waals surface area contributed by atoms with Gasteiger partial charge in [-0.3, -0.25) is 0 Å². The molecule has 0 atom stereocenters. The van der Waals surface area contributed by atoms with Crippen molar-refractivity contribution < 1.29 is 0 Å². The standard InChI is InChI=1S/C13H15N.C2H6/c1-11-7-6-10-14(2)13(11)12-8-4-3-5-9-12;1-2/h3-9H,10H2,1-2H3;1-2H3. The number of nitrogens with zero attached hydrogens (tertiary/aromatic N) is 1. The summed E-state index contributed by atoms with van der Waals surface area (Å²) in [5, 5.41) is 0. The van der Waals surface area contributed by atoms with Crippen LogP contribution < -0.4 is 0 Å². The van der Waals surface area contributed by atoms with Crippen molar-refractivity contribution >= 4 is 5.70 Å². The molecule has 1 nitrogen and oxygen atoms in total. The van der Waals surface area contributed by atoms with Gasteiger partial charge in [0.25, 0.3) is 0 Å². The Morgan fingerprint density at radius 3 is 2.25 bits per heavy atom. The highest BCUT2D eigenvalue weighted by Gasteiger charge is 2.11. The molecule has 86 valence electrons. The first-order valence-corrected chi connectivity index (χ1v) is 5.93. The van der Waals surface area contributed by atoms with E-state index >= 15 is 0 Å². The minimum absolute atomic E-state index is 1.00. The maximum absolute atomic E-state index is 2.28. The van der Waals surface area contributed by atoms with Crippen molar-refractivity contribution in [2.75, 3.05) is 13.6 Å². The average Bonchev–Trinajstić information content (AvgIpc) is 2.33. The molecule has 1 aromatic rings. The molecule has 0 aromatic heterocycles. The van der Waals surface area contributed by atoms with E-state index in [1.807, 2.05) is 13.8 Å². The van der Waals surface area contributed by atoms with Crippen molar-refractivity contribution in [3.05, 3.63) is 53.6 Å². The Morgan fingerprint density at radius 2 is 1.69 bits per heavy atom. The van der Waals surface area contributed by atoms with Gasteiger partial charge in [-0.25, -0.2) is 0 Å². The second kappa shape index (κ2) is 6.16. The summed E-state index contributed by atoms with van der Waals surface area (Å²) in [6.45, 7) is 7.16. The van der Waals surface area contributed by atoms with Crippen molar-refractivity contribution in [1.29, 1.82) is 0 Å². The maximum atomic E-state index is 2.28. The molecule has 1 heteroatoms. The summed E-state index contributed by atoms with van der Waals surface area (Å²) in [6.07, 6.45) is 4.39. The third-order valence-corrected chi connectivity index (χ3v) is 2.55. The van der Waals surface area contributed by atoms with Crippen LogP contribution in [0.3, 0.4) is 0 Å². The maximum Gasteiger partial charge on any atom is 0.0469 e. The second-order valence-corrected chi connectivity index (χ2v) is 3.68. The van der Waals surface area contributed by atoms with Gasteiger partial charge < -0.3 is 4.90 Å². The number of rotatable bonds is 1. The molecule has 1 aromatic carbocycles. The van der Waals surface area contributed by atoms with Crippen LogP contribution in [0.1, 0.15) is 26.3 Å². The minimum Gasteiger partial charge on any atom is -0.370 e. The van der Waals surface area contributed by atoms with Crippen LogP contribution in [-0.2, 0) is 0 Å². The number of benzene rings is 1. The van der Waals surface area contributed by atoms with Crippen molar-refractivity contribution in [2.45, 2.75) is 20.8 Å². The van der Waals surface area contributed by atoms with E-state index in [0.717, 1.165) is 6.54 Å². The summed E-state index contributed by atoms with van der Waals surface area (Å²) >= 11 is 0. The molecule has 0 amide bonds. The predicted molar refractivity (Wildman–Crippen MR) is 72.2 cm³/mol. The lowest BCUT2D eigenvalue weighted by atomic mass is 10.0. The zero-order chi connectivity index (χ0) is 12.0. The van der Waals surface area contributed by atoms with Crippen molar-refractivity contribution in [2.24, 2.45) is 0 Å². The molecule has 2 rings (SSSR count). The van der Waals surface area contributed by atoms with E-state index in [1.54, 1.807) is 0 Å². The zero-order valence-corrected chi connectivity index (χ0v) is 10.7. The fraction of sp³-hybridized carbons (Fsp3) is 0.333.